The van der Waals surface area contributed by atoms with Crippen LogP contribution in [0.25, 0.3) is 0 Å². The summed E-state index contributed by atoms with van der Waals surface area (Å²) < 4.78 is 15.0. The smallest absolute Gasteiger partial charge is 0.280 e. The molecule has 0 saturated heterocycles. The molecule has 0 spiro atoms. The van der Waals surface area contributed by atoms with E-state index in [2.05, 4.69) is 15.6 Å². The first kappa shape index (κ1) is 16.9. The molecule has 8 heteroatoms. The fourth-order valence-corrected chi connectivity index (χ4v) is 2.44. The number of anilines is 2. The number of hydrogen-bond acceptors (Lipinski definition) is 4. The highest BCUT2D eigenvalue weighted by Crippen LogP contribution is 2.19. The number of hydrogen-bond donors (Lipinski definition) is 2. The third-order valence-corrected chi connectivity index (χ3v) is 4.06. The van der Waals surface area contributed by atoms with E-state index in [0.29, 0.717) is 16.3 Å². The molecule has 0 aliphatic rings. The van der Waals surface area contributed by atoms with E-state index in [9.17, 15) is 9.18 Å². The van der Waals surface area contributed by atoms with Crippen LogP contribution in [-0.4, -0.2) is 20.9 Å². The molecule has 1 aromatic heterocycles. The lowest BCUT2D eigenvalue weighted by Gasteiger charge is -2.07. The largest absolute Gasteiger partial charge is 0.382 e. The molecule has 3 aromatic rings. The molecule has 1 heterocycles. The first-order valence-electron chi connectivity index (χ1n) is 7.45. The normalized spacial score (nSPS) is 10.7. The standard InChI is InChI=1S/C17H15ClFN5O/c1-10-6-7-12(8-14(10)19)21-17(25)15-16(20)24(23-22-15)9-11-4-2-3-5-13(11)18/h2-8H,9,20H2,1H3,(H,21,25). The summed E-state index contributed by atoms with van der Waals surface area (Å²) >= 11 is 6.11. The van der Waals surface area contributed by atoms with Gasteiger partial charge < -0.3 is 11.1 Å². The summed E-state index contributed by atoms with van der Waals surface area (Å²) in [5, 5.41) is 10.8. The summed E-state index contributed by atoms with van der Waals surface area (Å²) in [6.07, 6.45) is 0. The van der Waals surface area contributed by atoms with Crippen LogP contribution in [0.3, 0.4) is 0 Å². The molecule has 3 rings (SSSR count). The number of aromatic nitrogens is 3. The third-order valence-electron chi connectivity index (χ3n) is 3.70. The van der Waals surface area contributed by atoms with Gasteiger partial charge in [-0.1, -0.05) is 41.1 Å². The third kappa shape index (κ3) is 3.61. The maximum absolute atomic E-state index is 13.6. The Morgan fingerprint density at radius 2 is 2.08 bits per heavy atom. The van der Waals surface area contributed by atoms with Crippen LogP contribution in [0.5, 0.6) is 0 Å². The van der Waals surface area contributed by atoms with Crippen molar-refractivity contribution in [3.63, 3.8) is 0 Å². The van der Waals surface area contributed by atoms with Gasteiger partial charge in [-0.05, 0) is 36.2 Å². The van der Waals surface area contributed by atoms with Crippen molar-refractivity contribution < 1.29 is 9.18 Å². The van der Waals surface area contributed by atoms with Crippen molar-refractivity contribution in [2.45, 2.75) is 13.5 Å². The highest BCUT2D eigenvalue weighted by atomic mass is 35.5. The van der Waals surface area contributed by atoms with E-state index >= 15 is 0 Å². The summed E-state index contributed by atoms with van der Waals surface area (Å²) in [5.74, 6) is -0.871. The number of aryl methyl sites for hydroxylation is 1. The zero-order chi connectivity index (χ0) is 18.0. The number of nitrogens with two attached hydrogens (primary N) is 1. The second-order valence-electron chi connectivity index (χ2n) is 5.49. The molecule has 3 N–H and O–H groups in total. The van der Waals surface area contributed by atoms with Crippen LogP contribution in [0.4, 0.5) is 15.9 Å². The maximum Gasteiger partial charge on any atom is 0.280 e. The van der Waals surface area contributed by atoms with E-state index in [1.807, 2.05) is 18.2 Å². The first-order chi connectivity index (χ1) is 12.0. The molecule has 25 heavy (non-hydrogen) atoms. The van der Waals surface area contributed by atoms with Crippen LogP contribution in [-0.2, 0) is 6.54 Å². The highest BCUT2D eigenvalue weighted by molar-refractivity contribution is 6.31. The van der Waals surface area contributed by atoms with Crippen molar-refractivity contribution in [3.8, 4) is 0 Å². The second kappa shape index (κ2) is 6.90. The first-order valence-corrected chi connectivity index (χ1v) is 7.83. The second-order valence-corrected chi connectivity index (χ2v) is 5.90. The number of benzene rings is 2. The van der Waals surface area contributed by atoms with E-state index in [1.165, 1.54) is 10.7 Å². The predicted octanol–water partition coefficient (Wildman–Crippen LogP) is 3.26. The summed E-state index contributed by atoms with van der Waals surface area (Å²) in [7, 11) is 0. The van der Waals surface area contributed by atoms with E-state index < -0.39 is 11.7 Å². The van der Waals surface area contributed by atoms with Gasteiger partial charge in [0.25, 0.3) is 5.91 Å². The monoisotopic (exact) mass is 359 g/mol. The lowest BCUT2D eigenvalue weighted by Crippen LogP contribution is -2.15. The Balaban J connectivity index is 1.79. The van der Waals surface area contributed by atoms with Crippen molar-refractivity contribution in [3.05, 3.63) is 70.1 Å². The van der Waals surface area contributed by atoms with Crippen molar-refractivity contribution in [1.29, 1.82) is 0 Å². The van der Waals surface area contributed by atoms with Crippen molar-refractivity contribution >= 4 is 29.0 Å². The SMILES string of the molecule is Cc1ccc(NC(=O)c2nnn(Cc3ccccc3Cl)c2N)cc1F. The van der Waals surface area contributed by atoms with Crippen molar-refractivity contribution in [2.24, 2.45) is 0 Å². The summed E-state index contributed by atoms with van der Waals surface area (Å²) in [5.41, 5.74) is 7.54. The fraction of sp³-hybridized carbons (Fsp3) is 0.118. The van der Waals surface area contributed by atoms with Crippen molar-refractivity contribution in [1.82, 2.24) is 15.0 Å². The predicted molar refractivity (Wildman–Crippen MR) is 94.1 cm³/mol. The molecule has 0 fully saturated rings. The molecule has 0 radical (unpaired) electrons. The minimum absolute atomic E-state index is 0.0342. The van der Waals surface area contributed by atoms with Gasteiger partial charge in [0.15, 0.2) is 11.5 Å². The van der Waals surface area contributed by atoms with Gasteiger partial charge in [0, 0.05) is 10.7 Å². The van der Waals surface area contributed by atoms with Crippen LogP contribution in [0.15, 0.2) is 42.5 Å². The van der Waals surface area contributed by atoms with Gasteiger partial charge in [-0.3, -0.25) is 4.79 Å². The number of nitrogens with one attached hydrogen (secondary N) is 1. The van der Waals surface area contributed by atoms with Crippen LogP contribution >= 0.6 is 11.6 Å². The topological polar surface area (TPSA) is 85.8 Å². The molecule has 1 amide bonds. The average Bonchev–Trinajstić information content (AvgIpc) is 2.94. The molecule has 0 saturated carbocycles. The Morgan fingerprint density at radius 1 is 1.32 bits per heavy atom. The van der Waals surface area contributed by atoms with Gasteiger partial charge in [0.05, 0.1) is 6.54 Å². The Bertz CT molecular complexity index is 941. The Kier molecular flexibility index (Phi) is 4.67. The molecular formula is C17H15ClFN5O. The van der Waals surface area contributed by atoms with Gasteiger partial charge in [0.1, 0.15) is 5.82 Å². The number of amides is 1. The summed E-state index contributed by atoms with van der Waals surface area (Å²) in [6.45, 7) is 1.92. The van der Waals surface area contributed by atoms with Crippen LogP contribution in [0, 0.1) is 12.7 Å². The zero-order valence-corrected chi connectivity index (χ0v) is 14.1. The minimum Gasteiger partial charge on any atom is -0.382 e. The van der Waals surface area contributed by atoms with E-state index in [4.69, 9.17) is 17.3 Å². The summed E-state index contributed by atoms with van der Waals surface area (Å²) in [6, 6.07) is 11.6. The number of rotatable bonds is 4. The number of carbonyl (C=O) groups is 1. The molecule has 0 atom stereocenters. The maximum atomic E-state index is 13.6. The van der Waals surface area contributed by atoms with Crippen LogP contribution in [0.2, 0.25) is 5.02 Å². The number of nitrogens with zero attached hydrogens (tertiary/aromatic N) is 3. The van der Waals surface area contributed by atoms with Gasteiger partial charge in [-0.25, -0.2) is 9.07 Å². The van der Waals surface area contributed by atoms with Crippen LogP contribution < -0.4 is 11.1 Å². The van der Waals surface area contributed by atoms with Crippen LogP contribution in [0.1, 0.15) is 21.6 Å². The van der Waals surface area contributed by atoms with Gasteiger partial charge in [-0.15, -0.1) is 5.10 Å². The van der Waals surface area contributed by atoms with E-state index in [1.54, 1.807) is 25.1 Å². The molecular weight excluding hydrogens is 345 g/mol. The quantitative estimate of drug-likeness (QED) is 0.748. The lowest BCUT2D eigenvalue weighted by atomic mass is 10.2. The molecule has 0 aliphatic heterocycles. The van der Waals surface area contributed by atoms with Gasteiger partial charge in [0.2, 0.25) is 0 Å². The molecule has 0 unspecified atom stereocenters. The highest BCUT2D eigenvalue weighted by Gasteiger charge is 2.18. The molecule has 0 bridgehead atoms. The molecule has 0 aliphatic carbocycles. The Labute approximate surface area is 148 Å². The Hall–Kier alpha value is -2.93. The molecule has 6 nitrogen and oxygen atoms in total. The molecule has 2 aromatic carbocycles. The number of halogens is 2. The van der Waals surface area contributed by atoms with Gasteiger partial charge >= 0.3 is 0 Å². The number of carbonyl (C=O) groups excluding carboxylic acids is 1. The number of nitrogen functional groups attached to an aromatic ring is 1. The molecule has 128 valence electrons. The van der Waals surface area contributed by atoms with Crippen molar-refractivity contribution in [2.75, 3.05) is 11.1 Å². The summed E-state index contributed by atoms with van der Waals surface area (Å²) in [4.78, 5) is 12.3. The minimum atomic E-state index is -0.564. The Morgan fingerprint density at radius 3 is 2.80 bits per heavy atom. The van der Waals surface area contributed by atoms with E-state index in [0.717, 1.165) is 5.56 Å². The zero-order valence-electron chi connectivity index (χ0n) is 13.3. The van der Waals surface area contributed by atoms with Gasteiger partial charge in [-0.2, -0.15) is 0 Å². The average molecular weight is 360 g/mol. The fourth-order valence-electron chi connectivity index (χ4n) is 2.25. The lowest BCUT2D eigenvalue weighted by molar-refractivity contribution is 0.102. The van der Waals surface area contributed by atoms with E-state index in [-0.39, 0.29) is 18.1 Å².